The van der Waals surface area contributed by atoms with Gasteiger partial charge in [0.05, 0.1) is 18.5 Å². The number of aromatic nitrogens is 2. The van der Waals surface area contributed by atoms with Crippen molar-refractivity contribution in [2.75, 3.05) is 12.3 Å². The summed E-state index contributed by atoms with van der Waals surface area (Å²) in [6.07, 6.45) is 1.61. The molecule has 0 unspecified atom stereocenters. The van der Waals surface area contributed by atoms with Crippen LogP contribution in [0.2, 0.25) is 0 Å². The summed E-state index contributed by atoms with van der Waals surface area (Å²) in [7, 11) is 0. The van der Waals surface area contributed by atoms with Crippen molar-refractivity contribution in [2.45, 2.75) is 13.8 Å². The van der Waals surface area contributed by atoms with Gasteiger partial charge in [0.25, 0.3) is 5.88 Å². The Morgan fingerprint density at radius 1 is 1.64 bits per heavy atom. The van der Waals surface area contributed by atoms with E-state index in [0.29, 0.717) is 18.3 Å². The molecule has 0 aliphatic carbocycles. The van der Waals surface area contributed by atoms with Gasteiger partial charge in [0.2, 0.25) is 0 Å². The number of nitrogens with zero attached hydrogens (tertiary/aromatic N) is 2. The molecule has 0 bridgehead atoms. The van der Waals surface area contributed by atoms with Gasteiger partial charge >= 0.3 is 0 Å². The SMILES string of the molecule is CCOc1nc(C)cnc1N. The van der Waals surface area contributed by atoms with E-state index in [1.165, 1.54) is 0 Å². The first-order chi connectivity index (χ1) is 5.24. The van der Waals surface area contributed by atoms with Crippen molar-refractivity contribution in [1.29, 1.82) is 0 Å². The monoisotopic (exact) mass is 153 g/mol. The van der Waals surface area contributed by atoms with Gasteiger partial charge in [-0.2, -0.15) is 0 Å². The first-order valence-electron chi connectivity index (χ1n) is 3.46. The molecule has 60 valence electrons. The van der Waals surface area contributed by atoms with Crippen LogP contribution >= 0.6 is 0 Å². The van der Waals surface area contributed by atoms with Crippen LogP contribution < -0.4 is 10.5 Å². The number of nitrogen functional groups attached to an aromatic ring is 1. The molecule has 0 amide bonds. The number of anilines is 1. The van der Waals surface area contributed by atoms with Crippen molar-refractivity contribution < 1.29 is 4.74 Å². The number of aryl methyl sites for hydroxylation is 1. The molecule has 0 spiro atoms. The van der Waals surface area contributed by atoms with Crippen LogP contribution in [0.3, 0.4) is 0 Å². The van der Waals surface area contributed by atoms with Gasteiger partial charge in [-0.25, -0.2) is 9.97 Å². The second-order valence-electron chi connectivity index (χ2n) is 2.13. The highest BCUT2D eigenvalue weighted by Crippen LogP contribution is 2.13. The van der Waals surface area contributed by atoms with E-state index in [2.05, 4.69) is 9.97 Å². The Kier molecular flexibility index (Phi) is 2.25. The highest BCUT2D eigenvalue weighted by atomic mass is 16.5. The molecule has 0 aliphatic heterocycles. The van der Waals surface area contributed by atoms with Crippen molar-refractivity contribution in [3.63, 3.8) is 0 Å². The zero-order chi connectivity index (χ0) is 8.27. The van der Waals surface area contributed by atoms with E-state index >= 15 is 0 Å². The molecule has 1 aromatic rings. The van der Waals surface area contributed by atoms with Crippen molar-refractivity contribution >= 4 is 5.82 Å². The molecule has 0 radical (unpaired) electrons. The molecule has 4 nitrogen and oxygen atoms in total. The molecule has 1 aromatic heterocycles. The van der Waals surface area contributed by atoms with Gasteiger partial charge in [-0.05, 0) is 13.8 Å². The Labute approximate surface area is 65.4 Å². The summed E-state index contributed by atoms with van der Waals surface area (Å²) in [6, 6.07) is 0. The lowest BCUT2D eigenvalue weighted by Crippen LogP contribution is -2.02. The van der Waals surface area contributed by atoms with E-state index in [1.807, 2.05) is 13.8 Å². The van der Waals surface area contributed by atoms with Crippen LogP contribution in [0.1, 0.15) is 12.6 Å². The Hall–Kier alpha value is -1.32. The minimum Gasteiger partial charge on any atom is -0.475 e. The highest BCUT2D eigenvalue weighted by molar-refractivity contribution is 5.39. The second-order valence-corrected chi connectivity index (χ2v) is 2.13. The summed E-state index contributed by atoms with van der Waals surface area (Å²) in [5, 5.41) is 0. The van der Waals surface area contributed by atoms with E-state index in [4.69, 9.17) is 10.5 Å². The lowest BCUT2D eigenvalue weighted by Gasteiger charge is -2.03. The summed E-state index contributed by atoms with van der Waals surface area (Å²) in [6.45, 7) is 4.28. The Balaban J connectivity index is 2.93. The predicted molar refractivity (Wildman–Crippen MR) is 42.4 cm³/mol. The molecule has 0 fully saturated rings. The molecule has 0 saturated carbocycles. The fraction of sp³-hybridized carbons (Fsp3) is 0.429. The maximum atomic E-state index is 5.48. The standard InChI is InChI=1S/C7H11N3O/c1-3-11-7-6(8)9-4-5(2)10-7/h4H,3H2,1-2H3,(H2,8,9). The largest absolute Gasteiger partial charge is 0.475 e. The van der Waals surface area contributed by atoms with Gasteiger partial charge < -0.3 is 10.5 Å². The van der Waals surface area contributed by atoms with Crippen LogP contribution in [0, 0.1) is 6.92 Å². The number of ether oxygens (including phenoxy) is 1. The van der Waals surface area contributed by atoms with E-state index in [1.54, 1.807) is 6.20 Å². The first-order valence-corrected chi connectivity index (χ1v) is 3.46. The topological polar surface area (TPSA) is 61.0 Å². The Morgan fingerprint density at radius 2 is 2.36 bits per heavy atom. The molecule has 0 aromatic carbocycles. The third kappa shape index (κ3) is 1.80. The Morgan fingerprint density at radius 3 is 3.00 bits per heavy atom. The van der Waals surface area contributed by atoms with Gasteiger partial charge in [-0.15, -0.1) is 0 Å². The summed E-state index contributed by atoms with van der Waals surface area (Å²) in [4.78, 5) is 7.94. The van der Waals surface area contributed by atoms with Crippen molar-refractivity contribution in [3.8, 4) is 5.88 Å². The van der Waals surface area contributed by atoms with Crippen molar-refractivity contribution in [2.24, 2.45) is 0 Å². The molecule has 4 heteroatoms. The van der Waals surface area contributed by atoms with E-state index in [-0.39, 0.29) is 0 Å². The molecular formula is C7H11N3O. The molecule has 11 heavy (non-hydrogen) atoms. The van der Waals surface area contributed by atoms with Crippen LogP contribution in [0.15, 0.2) is 6.20 Å². The summed E-state index contributed by atoms with van der Waals surface area (Å²) in [5.41, 5.74) is 6.28. The molecule has 0 aliphatic rings. The average molecular weight is 153 g/mol. The van der Waals surface area contributed by atoms with E-state index in [9.17, 15) is 0 Å². The molecule has 0 atom stereocenters. The minimum atomic E-state index is 0.345. The van der Waals surface area contributed by atoms with Gasteiger partial charge in [0.1, 0.15) is 0 Å². The first kappa shape index (κ1) is 7.78. The van der Waals surface area contributed by atoms with Crippen LogP contribution in [-0.2, 0) is 0 Å². The highest BCUT2D eigenvalue weighted by Gasteiger charge is 2.01. The zero-order valence-electron chi connectivity index (χ0n) is 6.66. The lowest BCUT2D eigenvalue weighted by atomic mass is 10.5. The predicted octanol–water partition coefficient (Wildman–Crippen LogP) is 0.766. The molecule has 2 N–H and O–H groups in total. The summed E-state index contributed by atoms with van der Waals surface area (Å²) in [5.74, 6) is 0.768. The van der Waals surface area contributed by atoms with Gasteiger partial charge in [-0.3, -0.25) is 0 Å². The number of nitrogens with two attached hydrogens (primary N) is 1. The summed E-state index contributed by atoms with van der Waals surface area (Å²) >= 11 is 0. The molecule has 1 rings (SSSR count). The smallest absolute Gasteiger partial charge is 0.257 e. The van der Waals surface area contributed by atoms with Crippen LogP contribution in [0.5, 0.6) is 5.88 Å². The normalized spacial score (nSPS) is 9.64. The summed E-state index contributed by atoms with van der Waals surface area (Å²) < 4.78 is 5.12. The van der Waals surface area contributed by atoms with Gasteiger partial charge in [0, 0.05) is 0 Å². The molecular weight excluding hydrogens is 142 g/mol. The maximum Gasteiger partial charge on any atom is 0.257 e. The number of hydrogen-bond acceptors (Lipinski definition) is 4. The second kappa shape index (κ2) is 3.18. The maximum absolute atomic E-state index is 5.48. The van der Waals surface area contributed by atoms with Gasteiger partial charge in [0.15, 0.2) is 5.82 Å². The van der Waals surface area contributed by atoms with E-state index < -0.39 is 0 Å². The quantitative estimate of drug-likeness (QED) is 0.681. The fourth-order valence-electron chi connectivity index (χ4n) is 0.707. The number of hydrogen-bond donors (Lipinski definition) is 1. The molecule has 0 saturated heterocycles. The minimum absolute atomic E-state index is 0.345. The van der Waals surface area contributed by atoms with Crippen molar-refractivity contribution in [1.82, 2.24) is 9.97 Å². The fourth-order valence-corrected chi connectivity index (χ4v) is 0.707. The van der Waals surface area contributed by atoms with Crippen LogP contribution in [-0.4, -0.2) is 16.6 Å². The zero-order valence-corrected chi connectivity index (χ0v) is 6.66. The van der Waals surface area contributed by atoms with Crippen LogP contribution in [0.4, 0.5) is 5.82 Å². The van der Waals surface area contributed by atoms with Crippen molar-refractivity contribution in [3.05, 3.63) is 11.9 Å². The van der Waals surface area contributed by atoms with Gasteiger partial charge in [-0.1, -0.05) is 0 Å². The lowest BCUT2D eigenvalue weighted by molar-refractivity contribution is 0.327. The average Bonchev–Trinajstić information content (AvgIpc) is 1.98. The number of rotatable bonds is 2. The third-order valence-electron chi connectivity index (χ3n) is 1.17. The Bertz CT molecular complexity index is 249. The van der Waals surface area contributed by atoms with E-state index in [0.717, 1.165) is 5.69 Å². The molecule has 1 heterocycles. The third-order valence-corrected chi connectivity index (χ3v) is 1.17. The van der Waals surface area contributed by atoms with Crippen LogP contribution in [0.25, 0.3) is 0 Å².